The van der Waals surface area contributed by atoms with Crippen LogP contribution < -0.4 is 25.7 Å². The summed E-state index contributed by atoms with van der Waals surface area (Å²) in [5.41, 5.74) is 14.1. The smallest absolute Gasteiger partial charge is 0.222 e. The largest absolute Gasteiger partial charge is 0.493 e. The van der Waals surface area contributed by atoms with Crippen molar-refractivity contribution in [3.63, 3.8) is 0 Å². The van der Waals surface area contributed by atoms with Crippen LogP contribution in [0.5, 0.6) is 17.2 Å². The van der Waals surface area contributed by atoms with Crippen molar-refractivity contribution in [1.82, 2.24) is 15.0 Å². The van der Waals surface area contributed by atoms with Crippen molar-refractivity contribution in [3.8, 4) is 17.2 Å². The van der Waals surface area contributed by atoms with E-state index in [9.17, 15) is 0 Å². The average Bonchev–Trinajstić information content (AvgIpc) is 2.65. The minimum atomic E-state index is 0.123. The van der Waals surface area contributed by atoms with Gasteiger partial charge in [-0.15, -0.1) is 0 Å². The van der Waals surface area contributed by atoms with Crippen molar-refractivity contribution in [3.05, 3.63) is 35.5 Å². The number of nitrogens with zero attached hydrogens (tertiary/aromatic N) is 3. The van der Waals surface area contributed by atoms with Gasteiger partial charge in [-0.05, 0) is 35.9 Å². The molecule has 3 rings (SSSR count). The van der Waals surface area contributed by atoms with Crippen molar-refractivity contribution in [2.75, 3.05) is 32.8 Å². The molecule has 1 aromatic carbocycles. The summed E-state index contributed by atoms with van der Waals surface area (Å²) in [5.74, 6) is 2.06. The zero-order valence-corrected chi connectivity index (χ0v) is 14.7. The van der Waals surface area contributed by atoms with Gasteiger partial charge in [-0.1, -0.05) is 6.08 Å². The summed E-state index contributed by atoms with van der Waals surface area (Å²) in [6, 6.07) is 7.31. The second kappa shape index (κ2) is 7.14. The highest BCUT2D eigenvalue weighted by Gasteiger charge is 2.12. The van der Waals surface area contributed by atoms with Crippen LogP contribution in [0.2, 0.25) is 0 Å². The predicted octanol–water partition coefficient (Wildman–Crippen LogP) is 2.39. The third-order valence-corrected chi connectivity index (χ3v) is 3.74. The second-order valence-electron chi connectivity index (χ2n) is 5.36. The minimum absolute atomic E-state index is 0.123. The van der Waals surface area contributed by atoms with Crippen LogP contribution in [0.15, 0.2) is 24.3 Å². The zero-order chi connectivity index (χ0) is 18.7. The maximum Gasteiger partial charge on any atom is 0.222 e. The Kier molecular flexibility index (Phi) is 4.74. The van der Waals surface area contributed by atoms with Gasteiger partial charge in [0.05, 0.1) is 32.5 Å². The highest BCUT2D eigenvalue weighted by Crippen LogP contribution is 2.38. The highest BCUT2D eigenvalue weighted by molar-refractivity contribution is 5.86. The molecule has 0 radical (unpaired) electrons. The number of ether oxygens (including phenoxy) is 3. The fourth-order valence-corrected chi connectivity index (χ4v) is 2.54. The van der Waals surface area contributed by atoms with Crippen LogP contribution >= 0.6 is 0 Å². The average molecular weight is 353 g/mol. The summed E-state index contributed by atoms with van der Waals surface area (Å²) < 4.78 is 16.0. The van der Waals surface area contributed by atoms with Gasteiger partial charge in [-0.2, -0.15) is 4.98 Å². The molecule has 0 aliphatic carbocycles. The van der Waals surface area contributed by atoms with Crippen LogP contribution in [0.3, 0.4) is 0 Å². The number of rotatable bonds is 5. The number of hydrogen-bond acceptors (Lipinski definition) is 8. The van der Waals surface area contributed by atoms with E-state index in [1.54, 1.807) is 27.4 Å². The van der Waals surface area contributed by atoms with Gasteiger partial charge >= 0.3 is 0 Å². The normalized spacial score (nSPS) is 11.0. The molecule has 4 N–H and O–H groups in total. The lowest BCUT2D eigenvalue weighted by molar-refractivity contribution is 0.324. The van der Waals surface area contributed by atoms with E-state index in [0.29, 0.717) is 34.0 Å². The number of nitrogens with two attached hydrogens (primary N) is 2. The molecule has 0 aliphatic heterocycles. The molecule has 0 amide bonds. The van der Waals surface area contributed by atoms with Crippen LogP contribution in [-0.4, -0.2) is 36.3 Å². The molecule has 8 nitrogen and oxygen atoms in total. The van der Waals surface area contributed by atoms with E-state index in [-0.39, 0.29) is 11.8 Å². The van der Waals surface area contributed by atoms with Crippen LogP contribution in [-0.2, 0) is 0 Å². The molecular formula is C18H19N5O3. The molecule has 2 aromatic heterocycles. The molecule has 134 valence electrons. The molecule has 0 atom stereocenters. The van der Waals surface area contributed by atoms with Gasteiger partial charge in [-0.25, -0.2) is 9.97 Å². The topological polar surface area (TPSA) is 118 Å². The summed E-state index contributed by atoms with van der Waals surface area (Å²) in [4.78, 5) is 12.5. The Morgan fingerprint density at radius 1 is 0.846 bits per heavy atom. The molecule has 8 heteroatoms. The lowest BCUT2D eigenvalue weighted by Gasteiger charge is -2.12. The number of aromatic nitrogens is 3. The first-order valence-electron chi connectivity index (χ1n) is 7.73. The minimum Gasteiger partial charge on any atom is -0.493 e. The van der Waals surface area contributed by atoms with E-state index in [1.165, 1.54) is 0 Å². The van der Waals surface area contributed by atoms with Crippen molar-refractivity contribution in [2.45, 2.75) is 0 Å². The number of fused-ring (bicyclic) bond motifs is 1. The summed E-state index contributed by atoms with van der Waals surface area (Å²) in [6.07, 6.45) is 3.73. The lowest BCUT2D eigenvalue weighted by Crippen LogP contribution is -2.02. The van der Waals surface area contributed by atoms with Crippen molar-refractivity contribution >= 4 is 35.0 Å². The molecule has 0 aliphatic rings. The number of anilines is 2. The van der Waals surface area contributed by atoms with E-state index in [4.69, 9.17) is 25.7 Å². The van der Waals surface area contributed by atoms with Crippen molar-refractivity contribution in [2.24, 2.45) is 0 Å². The first-order valence-corrected chi connectivity index (χ1v) is 7.73. The number of benzene rings is 1. The number of pyridine rings is 1. The molecule has 0 saturated carbocycles. The quantitative estimate of drug-likeness (QED) is 0.718. The van der Waals surface area contributed by atoms with E-state index < -0.39 is 0 Å². The highest BCUT2D eigenvalue weighted by atomic mass is 16.5. The van der Waals surface area contributed by atoms with Crippen LogP contribution in [0.25, 0.3) is 23.2 Å². The summed E-state index contributed by atoms with van der Waals surface area (Å²) in [7, 11) is 4.71. The molecule has 0 fully saturated rings. The van der Waals surface area contributed by atoms with Gasteiger partial charge < -0.3 is 25.7 Å². The summed E-state index contributed by atoms with van der Waals surface area (Å²) in [5, 5.41) is 0. The monoisotopic (exact) mass is 353 g/mol. The van der Waals surface area contributed by atoms with E-state index in [1.807, 2.05) is 30.4 Å². The lowest BCUT2D eigenvalue weighted by atomic mass is 10.1. The Morgan fingerprint density at radius 2 is 1.54 bits per heavy atom. The summed E-state index contributed by atoms with van der Waals surface area (Å²) in [6.45, 7) is 0. The van der Waals surface area contributed by atoms with Gasteiger partial charge in [-0.3, -0.25) is 0 Å². The third kappa shape index (κ3) is 3.30. The van der Waals surface area contributed by atoms with Gasteiger partial charge in [0.25, 0.3) is 0 Å². The predicted molar refractivity (Wildman–Crippen MR) is 101 cm³/mol. The molecule has 26 heavy (non-hydrogen) atoms. The molecule has 0 saturated heterocycles. The molecule has 2 heterocycles. The number of methoxy groups -OCH3 is 3. The maximum absolute atomic E-state index is 5.88. The summed E-state index contributed by atoms with van der Waals surface area (Å²) >= 11 is 0. The first kappa shape index (κ1) is 17.3. The molecular weight excluding hydrogens is 334 g/mol. The van der Waals surface area contributed by atoms with Crippen molar-refractivity contribution in [1.29, 1.82) is 0 Å². The SMILES string of the molecule is COc1cc(/C=C/c2ccc3nc(N)nc(N)c3n2)cc(OC)c1OC. The van der Waals surface area contributed by atoms with Gasteiger partial charge in [0, 0.05) is 0 Å². The van der Waals surface area contributed by atoms with Crippen LogP contribution in [0.4, 0.5) is 11.8 Å². The number of nitrogen functional groups attached to an aromatic ring is 2. The Balaban J connectivity index is 1.98. The fraction of sp³-hybridized carbons (Fsp3) is 0.167. The van der Waals surface area contributed by atoms with Gasteiger partial charge in [0.2, 0.25) is 11.7 Å². The van der Waals surface area contributed by atoms with E-state index in [2.05, 4.69) is 15.0 Å². The molecule has 3 aromatic rings. The van der Waals surface area contributed by atoms with Crippen LogP contribution in [0, 0.1) is 0 Å². The van der Waals surface area contributed by atoms with E-state index >= 15 is 0 Å². The first-order chi connectivity index (χ1) is 12.5. The Bertz CT molecular complexity index is 963. The Morgan fingerprint density at radius 3 is 2.15 bits per heavy atom. The second-order valence-corrected chi connectivity index (χ2v) is 5.36. The zero-order valence-electron chi connectivity index (χ0n) is 14.7. The molecule has 0 spiro atoms. The maximum atomic E-state index is 5.88. The van der Waals surface area contributed by atoms with Crippen LogP contribution in [0.1, 0.15) is 11.3 Å². The van der Waals surface area contributed by atoms with Gasteiger partial charge in [0.1, 0.15) is 5.52 Å². The Hall–Kier alpha value is -3.55. The molecule has 0 unspecified atom stereocenters. The number of hydrogen-bond donors (Lipinski definition) is 2. The van der Waals surface area contributed by atoms with Crippen molar-refractivity contribution < 1.29 is 14.2 Å². The van der Waals surface area contributed by atoms with Gasteiger partial charge in [0.15, 0.2) is 17.3 Å². The standard InChI is InChI=1S/C18H19N5O3/c1-24-13-8-10(9-14(25-2)16(13)26-3)4-5-11-6-7-12-15(21-11)17(19)23-18(20)22-12/h4-9H,1-3H3,(H4,19,20,22,23)/b5-4+. The Labute approximate surface area is 150 Å². The molecule has 0 bridgehead atoms. The fourth-order valence-electron chi connectivity index (χ4n) is 2.54. The third-order valence-electron chi connectivity index (χ3n) is 3.74. The van der Waals surface area contributed by atoms with E-state index in [0.717, 1.165) is 5.56 Å².